The fraction of sp³-hybridized carbons (Fsp3) is 0.414. The van der Waals surface area contributed by atoms with Gasteiger partial charge in [0.2, 0.25) is 0 Å². The van der Waals surface area contributed by atoms with Gasteiger partial charge in [0.05, 0.1) is 13.2 Å². The number of aliphatic carboxylic acids is 4. The monoisotopic (exact) mass is 588 g/mol. The topological polar surface area (TPSA) is 202 Å². The Labute approximate surface area is 242 Å². The van der Waals surface area contributed by atoms with Crippen molar-refractivity contribution < 1.29 is 54.2 Å². The molecule has 0 unspecified atom stereocenters. The molecule has 2 fully saturated rings. The Morgan fingerprint density at radius 2 is 1.29 bits per heavy atom. The molecule has 0 aromatic heterocycles. The minimum atomic E-state index is -1.82. The van der Waals surface area contributed by atoms with Crippen LogP contribution < -0.4 is 4.74 Å². The Kier molecular flexibility index (Phi) is 13.6. The van der Waals surface area contributed by atoms with Crippen molar-refractivity contribution in [2.75, 3.05) is 33.3 Å². The zero-order valence-electron chi connectivity index (χ0n) is 23.2. The second-order valence-corrected chi connectivity index (χ2v) is 9.77. The molecule has 0 bridgehead atoms. The average Bonchev–Trinajstić information content (AvgIpc) is 2.98. The zero-order valence-corrected chi connectivity index (χ0v) is 23.2. The standard InChI is InChI=1S/C25H32N2O3.2C2H2O4/c1-30-22-9-7-20(8-10-22)25(29)21-11-15-27(16-12-21)23-13-14-26(18-24(23)28)17-19-5-3-2-4-6-19;2*3-1(4)2(5)6/h2-10,21,23-24,28H,11-18H2,1H3;2*(H,3,4)(H,5,6)/t23-,24-;;/m0../s1. The fourth-order valence-electron chi connectivity index (χ4n) is 4.88. The van der Waals surface area contributed by atoms with E-state index in [4.69, 9.17) is 44.3 Å². The number of carboxylic acid groups (broad SMARTS) is 4. The zero-order chi connectivity index (χ0) is 31.2. The number of carbonyl (C=O) groups is 5. The Morgan fingerprint density at radius 1 is 0.762 bits per heavy atom. The number of nitrogens with zero attached hydrogens (tertiary/aromatic N) is 2. The molecule has 2 saturated heterocycles. The maximum absolute atomic E-state index is 12.8. The highest BCUT2D eigenvalue weighted by atomic mass is 16.5. The average molecular weight is 589 g/mol. The van der Waals surface area contributed by atoms with Crippen LogP contribution in [0.1, 0.15) is 35.2 Å². The van der Waals surface area contributed by atoms with Gasteiger partial charge >= 0.3 is 23.9 Å². The van der Waals surface area contributed by atoms with Crippen LogP contribution in [0.4, 0.5) is 0 Å². The summed E-state index contributed by atoms with van der Waals surface area (Å²) < 4.78 is 5.18. The first-order valence-corrected chi connectivity index (χ1v) is 13.2. The van der Waals surface area contributed by atoms with Gasteiger partial charge in [0.25, 0.3) is 0 Å². The summed E-state index contributed by atoms with van der Waals surface area (Å²) in [7, 11) is 1.63. The van der Waals surface area contributed by atoms with Gasteiger partial charge in [0, 0.05) is 37.2 Å². The van der Waals surface area contributed by atoms with Gasteiger partial charge < -0.3 is 30.3 Å². The molecular formula is C29H36N2O11. The molecule has 2 aliphatic rings. The van der Waals surface area contributed by atoms with E-state index in [2.05, 4.69) is 34.1 Å². The van der Waals surface area contributed by atoms with Crippen molar-refractivity contribution >= 4 is 29.7 Å². The lowest BCUT2D eigenvalue weighted by Gasteiger charge is -2.44. The number of Topliss-reactive ketones (excluding diaryl/α,β-unsaturated/α-hetero) is 1. The molecule has 2 atom stereocenters. The second kappa shape index (κ2) is 16.8. The van der Waals surface area contributed by atoms with Gasteiger partial charge in [0.1, 0.15) is 5.75 Å². The van der Waals surface area contributed by atoms with Crippen molar-refractivity contribution in [1.82, 2.24) is 9.80 Å². The molecule has 2 aliphatic heterocycles. The number of likely N-dealkylation sites (tertiary alicyclic amines) is 2. The number of benzene rings is 2. The van der Waals surface area contributed by atoms with Crippen LogP contribution in [0, 0.1) is 5.92 Å². The number of β-amino-alcohol motifs (C(OH)–C–C–N with tert-alkyl or cyclic N) is 1. The van der Waals surface area contributed by atoms with Crippen molar-refractivity contribution in [2.24, 2.45) is 5.92 Å². The first kappa shape index (κ1) is 33.9. The fourth-order valence-corrected chi connectivity index (χ4v) is 4.88. The minimum Gasteiger partial charge on any atom is -0.497 e. The lowest BCUT2D eigenvalue weighted by Crippen LogP contribution is -2.55. The Balaban J connectivity index is 0.000000434. The second-order valence-electron chi connectivity index (χ2n) is 9.77. The van der Waals surface area contributed by atoms with Crippen LogP contribution in [0.5, 0.6) is 5.75 Å². The predicted octanol–water partition coefficient (Wildman–Crippen LogP) is 1.54. The summed E-state index contributed by atoms with van der Waals surface area (Å²) in [6, 6.07) is 18.1. The number of carbonyl (C=O) groups excluding carboxylic acids is 1. The number of hydrogen-bond donors (Lipinski definition) is 5. The lowest BCUT2D eigenvalue weighted by atomic mass is 9.87. The maximum atomic E-state index is 12.8. The summed E-state index contributed by atoms with van der Waals surface area (Å²) in [4.78, 5) is 54.0. The number of methoxy groups -OCH3 is 1. The van der Waals surface area contributed by atoms with Crippen molar-refractivity contribution in [1.29, 1.82) is 0 Å². The molecule has 0 amide bonds. The molecule has 228 valence electrons. The number of rotatable bonds is 6. The molecule has 13 heteroatoms. The smallest absolute Gasteiger partial charge is 0.414 e. The molecule has 4 rings (SSSR count). The highest BCUT2D eigenvalue weighted by Crippen LogP contribution is 2.27. The van der Waals surface area contributed by atoms with Crippen molar-refractivity contribution in [3.05, 3.63) is 65.7 Å². The van der Waals surface area contributed by atoms with E-state index < -0.39 is 23.9 Å². The first-order chi connectivity index (χ1) is 19.9. The molecule has 2 aromatic rings. The minimum absolute atomic E-state index is 0.0740. The Morgan fingerprint density at radius 3 is 1.74 bits per heavy atom. The van der Waals surface area contributed by atoms with E-state index >= 15 is 0 Å². The van der Waals surface area contributed by atoms with E-state index in [0.29, 0.717) is 6.54 Å². The summed E-state index contributed by atoms with van der Waals surface area (Å²) >= 11 is 0. The molecule has 0 spiro atoms. The van der Waals surface area contributed by atoms with E-state index in [1.807, 2.05) is 30.3 Å². The number of ketones is 1. The maximum Gasteiger partial charge on any atom is 0.414 e. The molecule has 0 saturated carbocycles. The van der Waals surface area contributed by atoms with E-state index in [0.717, 1.165) is 56.8 Å². The predicted molar refractivity (Wildman–Crippen MR) is 148 cm³/mol. The van der Waals surface area contributed by atoms with E-state index in [-0.39, 0.29) is 23.8 Å². The van der Waals surface area contributed by atoms with Crippen LogP contribution in [-0.2, 0) is 25.7 Å². The SMILES string of the molecule is COc1ccc(C(=O)C2CCN([C@H]3CCN(Cc4ccccc4)C[C@@H]3O)CC2)cc1.O=C(O)C(=O)O.O=C(O)C(=O)O. The molecule has 2 heterocycles. The molecule has 2 aromatic carbocycles. The van der Waals surface area contributed by atoms with Crippen LogP contribution in [0.15, 0.2) is 54.6 Å². The molecule has 5 N–H and O–H groups in total. The molecule has 13 nitrogen and oxygen atoms in total. The van der Waals surface area contributed by atoms with Gasteiger partial charge in [-0.1, -0.05) is 30.3 Å². The van der Waals surface area contributed by atoms with Gasteiger partial charge in [-0.25, -0.2) is 19.2 Å². The third kappa shape index (κ3) is 10.9. The lowest BCUT2D eigenvalue weighted by molar-refractivity contribution is -0.159. The highest BCUT2D eigenvalue weighted by molar-refractivity contribution is 6.27. The van der Waals surface area contributed by atoms with Crippen molar-refractivity contribution in [2.45, 2.75) is 38.0 Å². The van der Waals surface area contributed by atoms with Crippen LogP contribution in [0.3, 0.4) is 0 Å². The van der Waals surface area contributed by atoms with E-state index in [1.54, 1.807) is 7.11 Å². The molecule has 0 radical (unpaired) electrons. The van der Waals surface area contributed by atoms with Crippen LogP contribution in [0.2, 0.25) is 0 Å². The van der Waals surface area contributed by atoms with Gasteiger partial charge in [-0.05, 0) is 62.2 Å². The third-order valence-electron chi connectivity index (χ3n) is 6.99. The summed E-state index contributed by atoms with van der Waals surface area (Å²) in [6.45, 7) is 4.37. The van der Waals surface area contributed by atoms with Gasteiger partial charge in [-0.2, -0.15) is 0 Å². The van der Waals surface area contributed by atoms with Crippen molar-refractivity contribution in [3.63, 3.8) is 0 Å². The highest BCUT2D eigenvalue weighted by Gasteiger charge is 2.35. The number of carboxylic acids is 4. The van der Waals surface area contributed by atoms with Gasteiger partial charge in [0.15, 0.2) is 5.78 Å². The van der Waals surface area contributed by atoms with Crippen LogP contribution in [0.25, 0.3) is 0 Å². The first-order valence-electron chi connectivity index (χ1n) is 13.2. The number of aliphatic hydroxyl groups is 1. The van der Waals surface area contributed by atoms with E-state index in [1.165, 1.54) is 5.56 Å². The Bertz CT molecular complexity index is 1150. The van der Waals surface area contributed by atoms with Gasteiger partial charge in [-0.15, -0.1) is 0 Å². The normalized spacial score (nSPS) is 19.2. The number of hydrogen-bond acceptors (Lipinski definition) is 9. The van der Waals surface area contributed by atoms with Crippen LogP contribution in [-0.4, -0.2) is 110 Å². The molecular weight excluding hydrogens is 552 g/mol. The Hall–Kier alpha value is -4.33. The summed E-state index contributed by atoms with van der Waals surface area (Å²) in [5, 5.41) is 40.4. The molecule has 0 aliphatic carbocycles. The van der Waals surface area contributed by atoms with Gasteiger partial charge in [-0.3, -0.25) is 14.6 Å². The third-order valence-corrected chi connectivity index (χ3v) is 6.99. The number of ether oxygens (including phenoxy) is 1. The van der Waals surface area contributed by atoms with Crippen molar-refractivity contribution in [3.8, 4) is 5.75 Å². The number of piperidine rings is 2. The quantitative estimate of drug-likeness (QED) is 0.240. The summed E-state index contributed by atoms with van der Waals surface area (Å²) in [5.41, 5.74) is 2.06. The number of aliphatic hydroxyl groups excluding tert-OH is 1. The van der Waals surface area contributed by atoms with Crippen LogP contribution >= 0.6 is 0 Å². The largest absolute Gasteiger partial charge is 0.497 e. The summed E-state index contributed by atoms with van der Waals surface area (Å²) in [6.07, 6.45) is 2.37. The molecule has 42 heavy (non-hydrogen) atoms. The van der Waals surface area contributed by atoms with E-state index in [9.17, 15) is 9.90 Å². The summed E-state index contributed by atoms with van der Waals surface area (Å²) in [5.74, 6) is -6.22.